The van der Waals surface area contributed by atoms with Crippen LogP contribution in [0.5, 0.6) is 11.5 Å². The van der Waals surface area contributed by atoms with Crippen molar-refractivity contribution in [2.24, 2.45) is 0 Å². The first-order valence-electron chi connectivity index (χ1n) is 10.6. The van der Waals surface area contributed by atoms with Crippen LogP contribution in [0.15, 0.2) is 88.5 Å². The average Bonchev–Trinajstić information content (AvgIpc) is 3.61. The van der Waals surface area contributed by atoms with E-state index in [4.69, 9.17) is 13.9 Å². The van der Waals surface area contributed by atoms with Gasteiger partial charge in [-0.05, 0) is 29.8 Å². The van der Waals surface area contributed by atoms with Gasteiger partial charge >= 0.3 is 0 Å². The van der Waals surface area contributed by atoms with E-state index in [0.717, 1.165) is 0 Å². The fraction of sp³-hybridized carbons (Fsp3) is 0.115. The van der Waals surface area contributed by atoms with Crippen LogP contribution in [-0.4, -0.2) is 35.5 Å². The Hall–Kier alpha value is -4.37. The molecule has 3 heterocycles. The third kappa shape index (κ3) is 3.85. The predicted octanol–water partition coefficient (Wildman–Crippen LogP) is 5.25. The van der Waals surface area contributed by atoms with Crippen molar-refractivity contribution in [1.82, 2.24) is 4.98 Å². The minimum absolute atomic E-state index is 0.0178. The summed E-state index contributed by atoms with van der Waals surface area (Å²) >= 11 is 1.23. The highest BCUT2D eigenvalue weighted by Gasteiger charge is 2.46. The summed E-state index contributed by atoms with van der Waals surface area (Å²) in [5.74, 6) is -0.910. The van der Waals surface area contributed by atoms with E-state index < -0.39 is 23.5 Å². The number of thiazole rings is 1. The molecule has 0 aliphatic carbocycles. The Balaban J connectivity index is 1.60. The summed E-state index contributed by atoms with van der Waals surface area (Å²) in [7, 11) is 1.51. The monoisotopic (exact) mass is 488 g/mol. The number of hydrogen-bond donors (Lipinski definition) is 1. The number of fused-ring (bicyclic) bond motifs is 1. The number of furan rings is 1. The molecule has 0 radical (unpaired) electrons. The number of carbonyl (C=O) groups is 2. The van der Waals surface area contributed by atoms with Gasteiger partial charge in [0.1, 0.15) is 12.4 Å². The minimum atomic E-state index is -0.912. The number of nitrogens with zero attached hydrogens (tertiary/aromatic N) is 2. The zero-order valence-corrected chi connectivity index (χ0v) is 19.5. The van der Waals surface area contributed by atoms with Crippen LogP contribution in [0.1, 0.15) is 22.2 Å². The second-order valence-corrected chi connectivity index (χ2v) is 8.51. The largest absolute Gasteiger partial charge is 0.503 e. The van der Waals surface area contributed by atoms with Gasteiger partial charge in [-0.15, -0.1) is 11.3 Å². The Morgan fingerprint density at radius 2 is 2.09 bits per heavy atom. The maximum absolute atomic E-state index is 13.7. The molecule has 9 heteroatoms. The summed E-state index contributed by atoms with van der Waals surface area (Å²) in [5, 5.41) is 13.6. The van der Waals surface area contributed by atoms with Crippen LogP contribution in [0.4, 0.5) is 5.13 Å². The van der Waals surface area contributed by atoms with Crippen LogP contribution < -0.4 is 14.4 Å². The highest BCUT2D eigenvalue weighted by Crippen LogP contribution is 2.43. The molecule has 2 aromatic heterocycles. The lowest BCUT2D eigenvalue weighted by atomic mass is 9.95. The first-order chi connectivity index (χ1) is 17.0. The van der Waals surface area contributed by atoms with Gasteiger partial charge in [-0.1, -0.05) is 36.9 Å². The fourth-order valence-electron chi connectivity index (χ4n) is 4.03. The molecule has 0 saturated heterocycles. The summed E-state index contributed by atoms with van der Waals surface area (Å²) in [5.41, 5.74) is 0.906. The molecular weight excluding hydrogens is 468 g/mol. The van der Waals surface area contributed by atoms with Crippen molar-refractivity contribution in [1.29, 1.82) is 0 Å². The first kappa shape index (κ1) is 22.4. The molecule has 35 heavy (non-hydrogen) atoms. The molecule has 1 aliphatic heterocycles. The third-order valence-electron chi connectivity index (χ3n) is 5.59. The lowest BCUT2D eigenvalue weighted by molar-refractivity contribution is -0.117. The highest BCUT2D eigenvalue weighted by atomic mass is 32.1. The van der Waals surface area contributed by atoms with Gasteiger partial charge in [0.05, 0.1) is 18.7 Å². The first-order valence-corrected chi connectivity index (χ1v) is 11.5. The van der Waals surface area contributed by atoms with Gasteiger partial charge < -0.3 is 19.0 Å². The third-order valence-corrected chi connectivity index (χ3v) is 6.36. The highest BCUT2D eigenvalue weighted by molar-refractivity contribution is 7.13. The topological polar surface area (TPSA) is 102 Å². The smallest absolute Gasteiger partial charge is 0.296 e. The number of aliphatic hydroxyl groups excluding tert-OH is 1. The fourth-order valence-corrected chi connectivity index (χ4v) is 4.70. The summed E-state index contributed by atoms with van der Waals surface area (Å²) in [4.78, 5) is 32.4. The molecule has 176 valence electrons. The molecule has 1 atom stereocenters. The lowest BCUT2D eigenvalue weighted by Gasteiger charge is -2.24. The van der Waals surface area contributed by atoms with Gasteiger partial charge in [-0.25, -0.2) is 4.98 Å². The maximum Gasteiger partial charge on any atom is 0.296 e. The van der Waals surface area contributed by atoms with E-state index in [9.17, 15) is 14.7 Å². The standard InChI is InChI=1S/C26H20N2O6S/c1-3-12-33-17-9-7-15(8-10-17)21-20(23(30)25(31)28(21)26-27-11-13-35-26)22(29)19-14-16-5-4-6-18(32-2)24(16)34-19/h3-11,13-14,21,30H,1,12H2,2H3. The Bertz CT molecular complexity index is 1450. The molecule has 8 nitrogen and oxygen atoms in total. The molecule has 1 unspecified atom stereocenters. The van der Waals surface area contributed by atoms with E-state index in [0.29, 0.717) is 39.8 Å². The Morgan fingerprint density at radius 3 is 2.77 bits per heavy atom. The summed E-state index contributed by atoms with van der Waals surface area (Å²) in [6, 6.07) is 12.9. The number of carbonyl (C=O) groups excluding carboxylic acids is 2. The Labute approximate surface area is 204 Å². The number of amides is 1. The minimum Gasteiger partial charge on any atom is -0.503 e. The predicted molar refractivity (Wildman–Crippen MR) is 131 cm³/mol. The number of benzene rings is 2. The lowest BCUT2D eigenvalue weighted by Crippen LogP contribution is -2.30. The van der Waals surface area contributed by atoms with Gasteiger partial charge in [0.25, 0.3) is 5.91 Å². The molecule has 0 fully saturated rings. The van der Waals surface area contributed by atoms with Crippen molar-refractivity contribution in [2.75, 3.05) is 18.6 Å². The van der Waals surface area contributed by atoms with Gasteiger partial charge in [-0.3, -0.25) is 14.5 Å². The average molecular weight is 489 g/mol. The van der Waals surface area contributed by atoms with E-state index in [1.807, 2.05) is 0 Å². The SMILES string of the molecule is C=CCOc1ccc(C2C(C(=O)c3cc4cccc(OC)c4o3)=C(O)C(=O)N2c2nccs2)cc1. The van der Waals surface area contributed by atoms with Crippen LogP contribution in [-0.2, 0) is 4.79 Å². The van der Waals surface area contributed by atoms with Crippen LogP contribution in [0.3, 0.4) is 0 Å². The van der Waals surface area contributed by atoms with E-state index in [2.05, 4.69) is 11.6 Å². The normalized spacial score (nSPS) is 15.6. The number of Topliss-reactive ketones (excluding diaryl/α,β-unsaturated/α-hetero) is 1. The Morgan fingerprint density at radius 1 is 1.29 bits per heavy atom. The van der Waals surface area contributed by atoms with E-state index in [1.165, 1.54) is 23.3 Å². The van der Waals surface area contributed by atoms with Gasteiger partial charge in [-0.2, -0.15) is 0 Å². The van der Waals surface area contributed by atoms with Crippen LogP contribution in [0.25, 0.3) is 11.0 Å². The molecule has 0 spiro atoms. The zero-order chi connectivity index (χ0) is 24.5. The van der Waals surface area contributed by atoms with Crippen molar-refractivity contribution in [2.45, 2.75) is 6.04 Å². The number of hydrogen-bond acceptors (Lipinski definition) is 8. The van der Waals surface area contributed by atoms with E-state index >= 15 is 0 Å². The molecule has 2 aromatic carbocycles. The zero-order valence-electron chi connectivity index (χ0n) is 18.6. The molecule has 0 bridgehead atoms. The molecule has 1 amide bonds. The van der Waals surface area contributed by atoms with E-state index in [1.54, 1.807) is 66.2 Å². The molecule has 1 aliphatic rings. The molecule has 5 rings (SSSR count). The van der Waals surface area contributed by atoms with Crippen molar-refractivity contribution in [3.8, 4) is 11.5 Å². The molecule has 4 aromatic rings. The second kappa shape index (κ2) is 9.11. The van der Waals surface area contributed by atoms with Crippen LogP contribution >= 0.6 is 11.3 Å². The number of methoxy groups -OCH3 is 1. The van der Waals surface area contributed by atoms with Crippen molar-refractivity contribution in [3.63, 3.8) is 0 Å². The molecule has 0 saturated carbocycles. The van der Waals surface area contributed by atoms with Crippen LogP contribution in [0, 0.1) is 0 Å². The second-order valence-electron chi connectivity index (χ2n) is 7.64. The van der Waals surface area contributed by atoms with Crippen molar-refractivity contribution < 1.29 is 28.6 Å². The molecular formula is C26H20N2O6S. The summed E-state index contributed by atoms with van der Waals surface area (Å²) in [6.45, 7) is 3.97. The number of rotatable bonds is 8. The van der Waals surface area contributed by atoms with E-state index in [-0.39, 0.29) is 11.3 Å². The van der Waals surface area contributed by atoms with Gasteiger partial charge in [0, 0.05) is 17.0 Å². The number of ketones is 1. The van der Waals surface area contributed by atoms with Crippen LogP contribution in [0.2, 0.25) is 0 Å². The van der Waals surface area contributed by atoms with Gasteiger partial charge in [0.15, 0.2) is 28.0 Å². The number of aromatic nitrogens is 1. The van der Waals surface area contributed by atoms with Crippen molar-refractivity contribution in [3.05, 3.63) is 95.4 Å². The summed E-state index contributed by atoms with van der Waals surface area (Å²) in [6.07, 6.45) is 3.19. The number of para-hydroxylation sites is 1. The maximum atomic E-state index is 13.7. The number of anilines is 1. The van der Waals surface area contributed by atoms with Gasteiger partial charge in [0.2, 0.25) is 5.78 Å². The number of ether oxygens (including phenoxy) is 2. The van der Waals surface area contributed by atoms with Crippen molar-refractivity contribution >= 4 is 39.1 Å². The molecule has 1 N–H and O–H groups in total. The quantitative estimate of drug-likeness (QED) is 0.267. The summed E-state index contributed by atoms with van der Waals surface area (Å²) < 4.78 is 16.7. The Kier molecular flexibility index (Phi) is 5.84. The number of aliphatic hydroxyl groups is 1.